The molecule has 0 bridgehead atoms. The van der Waals surface area contributed by atoms with Gasteiger partial charge in [-0.05, 0) is 49.3 Å². The minimum atomic E-state index is 0.0400. The van der Waals surface area contributed by atoms with Crippen molar-refractivity contribution in [3.05, 3.63) is 60.4 Å². The monoisotopic (exact) mass is 418 g/mol. The van der Waals surface area contributed by atoms with E-state index in [1.54, 1.807) is 13.2 Å². The van der Waals surface area contributed by atoms with E-state index < -0.39 is 0 Å². The molecule has 1 aromatic carbocycles. The second-order valence-electron chi connectivity index (χ2n) is 8.25. The summed E-state index contributed by atoms with van der Waals surface area (Å²) in [4.78, 5) is 26.6. The summed E-state index contributed by atoms with van der Waals surface area (Å²) in [7, 11) is 1.73. The summed E-state index contributed by atoms with van der Waals surface area (Å²) in [5, 5.41) is 4.05. The minimum absolute atomic E-state index is 0.0400. The van der Waals surface area contributed by atoms with Gasteiger partial charge in [0.05, 0.1) is 5.69 Å². The number of anilines is 1. The Balaban J connectivity index is 1.33. The lowest BCUT2D eigenvalue weighted by atomic mass is 9.81. The van der Waals surface area contributed by atoms with Gasteiger partial charge < -0.3 is 20.9 Å². The third-order valence-corrected chi connectivity index (χ3v) is 6.18. The molecule has 1 aliphatic carbocycles. The van der Waals surface area contributed by atoms with E-state index in [2.05, 4.69) is 37.3 Å². The van der Waals surface area contributed by atoms with E-state index in [1.165, 1.54) is 5.56 Å². The molecule has 0 atom stereocenters. The molecule has 2 heterocycles. The molecule has 0 unspecified atom stereocenters. The topological polar surface area (TPSA) is 99.4 Å². The molecule has 0 aliphatic heterocycles. The van der Waals surface area contributed by atoms with Crippen LogP contribution in [0.15, 0.2) is 59.9 Å². The number of nitrogens with two attached hydrogens (primary N) is 1. The van der Waals surface area contributed by atoms with Gasteiger partial charge in [-0.3, -0.25) is 9.79 Å². The van der Waals surface area contributed by atoms with Gasteiger partial charge in [-0.25, -0.2) is 4.98 Å². The summed E-state index contributed by atoms with van der Waals surface area (Å²) in [6.07, 6.45) is 7.35. The van der Waals surface area contributed by atoms with Crippen molar-refractivity contribution in [3.63, 3.8) is 0 Å². The highest BCUT2D eigenvalue weighted by Gasteiger charge is 2.28. The second kappa shape index (κ2) is 9.64. The quantitative estimate of drug-likeness (QED) is 0.419. The number of nitrogens with zero attached hydrogens (tertiary/aromatic N) is 3. The summed E-state index contributed by atoms with van der Waals surface area (Å²) in [5.41, 5.74) is 9.01. The number of hydrogen-bond donors (Lipinski definition) is 3. The first-order valence-corrected chi connectivity index (χ1v) is 10.9. The Kier molecular flexibility index (Phi) is 6.50. The lowest BCUT2D eigenvalue weighted by molar-refractivity contribution is -0.121. The van der Waals surface area contributed by atoms with Gasteiger partial charge >= 0.3 is 0 Å². The summed E-state index contributed by atoms with van der Waals surface area (Å²) in [6.45, 7) is 1.61. The van der Waals surface area contributed by atoms with Crippen LogP contribution in [0.3, 0.4) is 0 Å². The predicted octanol–water partition coefficient (Wildman–Crippen LogP) is 3.75. The number of aliphatic imine (C=N–C) groups is 1. The van der Waals surface area contributed by atoms with Gasteiger partial charge in [0.2, 0.25) is 5.91 Å². The van der Waals surface area contributed by atoms with Crippen molar-refractivity contribution in [3.8, 4) is 0 Å². The van der Waals surface area contributed by atoms with Crippen LogP contribution in [0.25, 0.3) is 11.0 Å². The third kappa shape index (κ3) is 5.05. The van der Waals surface area contributed by atoms with E-state index in [1.807, 2.05) is 36.5 Å². The number of fused-ring (bicyclic) bond motifs is 1. The van der Waals surface area contributed by atoms with Crippen LogP contribution < -0.4 is 11.1 Å². The predicted molar refractivity (Wildman–Crippen MR) is 125 cm³/mol. The van der Waals surface area contributed by atoms with Crippen LogP contribution >= 0.6 is 0 Å². The zero-order valence-corrected chi connectivity index (χ0v) is 17.9. The van der Waals surface area contributed by atoms with Crippen LogP contribution in [-0.2, 0) is 11.3 Å². The molecule has 7 nitrogen and oxygen atoms in total. The van der Waals surface area contributed by atoms with E-state index in [4.69, 9.17) is 5.73 Å². The zero-order chi connectivity index (χ0) is 21.6. The van der Waals surface area contributed by atoms with Gasteiger partial charge in [0, 0.05) is 43.8 Å². The van der Waals surface area contributed by atoms with E-state index in [0.29, 0.717) is 11.9 Å². The fourth-order valence-corrected chi connectivity index (χ4v) is 4.41. The molecule has 0 saturated heterocycles. The number of hydrogen-bond acceptors (Lipinski definition) is 3. The van der Waals surface area contributed by atoms with Crippen molar-refractivity contribution in [2.45, 2.75) is 32.2 Å². The summed E-state index contributed by atoms with van der Waals surface area (Å²) in [6, 6.07) is 14.1. The van der Waals surface area contributed by atoms with Crippen LogP contribution in [0.2, 0.25) is 0 Å². The maximum atomic E-state index is 12.9. The average Bonchev–Trinajstić information content (AvgIpc) is 3.29. The molecular weight excluding hydrogens is 388 g/mol. The Morgan fingerprint density at radius 2 is 1.97 bits per heavy atom. The second-order valence-corrected chi connectivity index (χ2v) is 8.25. The highest BCUT2D eigenvalue weighted by molar-refractivity contribution is 6.00. The highest BCUT2D eigenvalue weighted by atomic mass is 16.1. The molecule has 1 aliphatic rings. The molecule has 162 valence electrons. The van der Waals surface area contributed by atoms with E-state index >= 15 is 0 Å². The largest absolute Gasteiger partial charge is 0.370 e. The number of H-pyrrole nitrogens is 1. The van der Waals surface area contributed by atoms with E-state index in [0.717, 1.165) is 55.5 Å². The van der Waals surface area contributed by atoms with Crippen molar-refractivity contribution in [2.24, 2.45) is 22.6 Å². The molecule has 2 aromatic heterocycles. The number of aromatic nitrogens is 2. The Morgan fingerprint density at radius 1 is 1.19 bits per heavy atom. The van der Waals surface area contributed by atoms with Crippen LogP contribution in [0, 0.1) is 11.8 Å². The first-order valence-electron chi connectivity index (χ1n) is 10.9. The lowest BCUT2D eigenvalue weighted by Gasteiger charge is -2.33. The van der Waals surface area contributed by atoms with Crippen LogP contribution in [-0.4, -0.2) is 40.3 Å². The molecule has 0 spiro atoms. The lowest BCUT2D eigenvalue weighted by Crippen LogP contribution is -2.41. The fraction of sp³-hybridized carbons (Fsp3) is 0.375. The number of amides is 1. The molecule has 1 fully saturated rings. The molecule has 4 rings (SSSR count). The Labute approximate surface area is 182 Å². The molecule has 0 radical (unpaired) electrons. The molecule has 4 N–H and O–H groups in total. The number of nitrogens with one attached hydrogen (secondary N) is 2. The highest BCUT2D eigenvalue weighted by Crippen LogP contribution is 2.31. The zero-order valence-electron chi connectivity index (χ0n) is 17.9. The SMILES string of the molecule is CN=C(N)N(Cc1ccccc1)CC1CCC(C(=O)Nc2ccnc3[nH]ccc23)CC1. The Morgan fingerprint density at radius 3 is 2.71 bits per heavy atom. The number of rotatable bonds is 6. The number of pyridine rings is 1. The third-order valence-electron chi connectivity index (χ3n) is 6.18. The summed E-state index contributed by atoms with van der Waals surface area (Å²) >= 11 is 0. The van der Waals surface area contributed by atoms with E-state index in [9.17, 15) is 4.79 Å². The van der Waals surface area contributed by atoms with Gasteiger partial charge in [-0.15, -0.1) is 0 Å². The van der Waals surface area contributed by atoms with Crippen molar-refractivity contribution in [2.75, 3.05) is 18.9 Å². The van der Waals surface area contributed by atoms with Crippen LogP contribution in [0.1, 0.15) is 31.2 Å². The molecule has 1 amide bonds. The van der Waals surface area contributed by atoms with Gasteiger partial charge in [-0.2, -0.15) is 0 Å². The molecule has 7 heteroatoms. The average molecular weight is 419 g/mol. The van der Waals surface area contributed by atoms with E-state index in [-0.39, 0.29) is 11.8 Å². The van der Waals surface area contributed by atoms with Gasteiger partial charge in [0.15, 0.2) is 5.96 Å². The fourth-order valence-electron chi connectivity index (χ4n) is 4.41. The van der Waals surface area contributed by atoms with Crippen LogP contribution in [0.5, 0.6) is 0 Å². The number of carbonyl (C=O) groups is 1. The van der Waals surface area contributed by atoms with Gasteiger partial charge in [-0.1, -0.05) is 30.3 Å². The molecular formula is C24H30N6O. The first kappa shape index (κ1) is 20.9. The summed E-state index contributed by atoms with van der Waals surface area (Å²) < 4.78 is 0. The molecule has 3 aromatic rings. The maximum Gasteiger partial charge on any atom is 0.227 e. The maximum absolute atomic E-state index is 12.9. The van der Waals surface area contributed by atoms with Gasteiger partial charge in [0.1, 0.15) is 5.65 Å². The standard InChI is InChI=1S/C24H30N6O/c1-26-24(25)30(15-17-5-3-2-4-6-17)16-18-7-9-19(10-8-18)23(31)29-21-12-14-28-22-20(21)11-13-27-22/h2-6,11-14,18-19H,7-10,15-16H2,1H3,(H2,25,26)(H2,27,28,29,31). The molecule has 31 heavy (non-hydrogen) atoms. The smallest absolute Gasteiger partial charge is 0.227 e. The molecule has 1 saturated carbocycles. The Bertz CT molecular complexity index is 1040. The Hall–Kier alpha value is -3.35. The number of guanidine groups is 1. The summed E-state index contributed by atoms with van der Waals surface area (Å²) in [5.74, 6) is 1.21. The number of aromatic amines is 1. The van der Waals surface area contributed by atoms with Crippen LogP contribution in [0.4, 0.5) is 5.69 Å². The van der Waals surface area contributed by atoms with Crippen molar-refractivity contribution in [1.29, 1.82) is 0 Å². The first-order chi connectivity index (χ1) is 15.1. The number of carbonyl (C=O) groups excluding carboxylic acids is 1. The van der Waals surface area contributed by atoms with Crippen molar-refractivity contribution in [1.82, 2.24) is 14.9 Å². The minimum Gasteiger partial charge on any atom is -0.370 e. The van der Waals surface area contributed by atoms with Gasteiger partial charge in [0.25, 0.3) is 0 Å². The van der Waals surface area contributed by atoms with Crippen molar-refractivity contribution >= 4 is 28.6 Å². The van der Waals surface area contributed by atoms with Crippen molar-refractivity contribution < 1.29 is 4.79 Å². The number of benzene rings is 1. The normalized spacial score (nSPS) is 19.3.